The van der Waals surface area contributed by atoms with Gasteiger partial charge in [0.15, 0.2) is 0 Å². The fourth-order valence-corrected chi connectivity index (χ4v) is 5.90. The molecule has 9 nitrogen and oxygen atoms in total. The van der Waals surface area contributed by atoms with Crippen molar-refractivity contribution >= 4 is 11.9 Å². The van der Waals surface area contributed by atoms with Crippen LogP contribution in [0.15, 0.2) is 36.7 Å². The molecule has 45 heavy (non-hydrogen) atoms. The number of hydrogen-bond acceptors (Lipinski definition) is 6. The third kappa shape index (κ3) is 7.77. The van der Waals surface area contributed by atoms with Crippen molar-refractivity contribution in [1.82, 2.24) is 19.9 Å². The molecular weight excluding hydrogens is 579 g/mol. The summed E-state index contributed by atoms with van der Waals surface area (Å²) in [6.07, 6.45) is 12.8. The average molecular weight is 623 g/mol. The zero-order valence-corrected chi connectivity index (χ0v) is 29.3. The number of rotatable bonds is 8. The van der Waals surface area contributed by atoms with E-state index < -0.39 is 5.97 Å². The van der Waals surface area contributed by atoms with Crippen LogP contribution in [0.25, 0.3) is 22.8 Å². The number of carbonyl (C=O) groups is 2. The van der Waals surface area contributed by atoms with Crippen molar-refractivity contribution in [2.75, 3.05) is 7.11 Å². The summed E-state index contributed by atoms with van der Waals surface area (Å²) >= 11 is 0. The average Bonchev–Trinajstić information content (AvgIpc) is 3.61. The van der Waals surface area contributed by atoms with Gasteiger partial charge in [-0.3, -0.25) is 0 Å². The number of aromatic carboxylic acids is 1. The summed E-state index contributed by atoms with van der Waals surface area (Å²) in [5.41, 5.74) is 9.48. The van der Waals surface area contributed by atoms with Crippen LogP contribution < -0.4 is 29.6 Å². The van der Waals surface area contributed by atoms with Crippen LogP contribution in [0.1, 0.15) is 119 Å². The number of hydrogen-bond donors (Lipinski definition) is 3. The second-order valence-corrected chi connectivity index (χ2v) is 11.8. The van der Waals surface area contributed by atoms with E-state index in [1.54, 1.807) is 6.07 Å². The molecule has 4 N–H and O–H groups in total. The van der Waals surface area contributed by atoms with E-state index in [4.69, 9.17) is 4.74 Å². The van der Waals surface area contributed by atoms with Crippen molar-refractivity contribution in [2.45, 2.75) is 90.9 Å². The van der Waals surface area contributed by atoms with Crippen molar-refractivity contribution < 1.29 is 54.5 Å². The molecule has 2 aliphatic rings. The minimum Gasteiger partial charge on any atom is -0.870 e. The summed E-state index contributed by atoms with van der Waals surface area (Å²) in [6.45, 7) is 8.01. The zero-order chi connectivity index (χ0) is 30.7. The number of esters is 1. The van der Waals surface area contributed by atoms with Gasteiger partial charge in [0.25, 0.3) is 0 Å². The van der Waals surface area contributed by atoms with E-state index in [9.17, 15) is 14.7 Å². The number of carboxylic acids is 1. The Kier molecular flexibility index (Phi) is 12.8. The first kappa shape index (κ1) is 36.2. The fraction of sp³-hybridized carbons (Fsp3) is 0.429. The van der Waals surface area contributed by atoms with Crippen LogP contribution in [-0.2, 0) is 17.6 Å². The van der Waals surface area contributed by atoms with Gasteiger partial charge in [0, 0.05) is 34.9 Å². The predicted octanol–water partition coefficient (Wildman–Crippen LogP) is 4.74. The number of ether oxygens (including phenoxy) is 1. The molecule has 2 saturated carbocycles. The Morgan fingerprint density at radius 1 is 0.800 bits per heavy atom. The second kappa shape index (κ2) is 15.9. The summed E-state index contributed by atoms with van der Waals surface area (Å²) < 4.78 is 4.91. The van der Waals surface area contributed by atoms with Crippen LogP contribution in [-0.4, -0.2) is 49.6 Å². The van der Waals surface area contributed by atoms with Crippen molar-refractivity contribution in [2.24, 2.45) is 0 Å². The number of imidazole rings is 2. The number of H-pyrrole nitrogens is 2. The number of aryl methyl sites for hydroxylation is 4. The summed E-state index contributed by atoms with van der Waals surface area (Å²) in [5, 5.41) is 9.36. The molecule has 0 aliphatic heterocycles. The zero-order valence-electron chi connectivity index (χ0n) is 27.3. The molecule has 2 aromatic carbocycles. The molecule has 0 atom stereocenters. The molecule has 0 bridgehead atoms. The molecule has 4 aromatic rings. The number of aromatic amines is 2. The van der Waals surface area contributed by atoms with Gasteiger partial charge in [-0.05, 0) is 98.6 Å². The Bertz CT molecular complexity index is 1630. The van der Waals surface area contributed by atoms with E-state index >= 15 is 0 Å². The number of benzene rings is 2. The maximum absolute atomic E-state index is 12.0. The molecular formula is C35H43N4NaO5. The number of aromatic nitrogens is 4. The molecule has 0 spiro atoms. The third-order valence-corrected chi connectivity index (χ3v) is 9.05. The first-order valence-electron chi connectivity index (χ1n) is 15.4. The van der Waals surface area contributed by atoms with Gasteiger partial charge in [0.1, 0.15) is 11.6 Å². The summed E-state index contributed by atoms with van der Waals surface area (Å²) in [7, 11) is 1.42. The predicted molar refractivity (Wildman–Crippen MR) is 170 cm³/mol. The SMILES string of the molecule is CCc1cnc(-c2cc(C(=O)O)c(C)cc2C2CCC2)[nH]1.CCc1cnc(-c2cc(C(=O)OC)c(C)cc2C2CCC2)[nH]1.[Na+].[OH-]. The molecule has 2 fully saturated rings. The van der Waals surface area contributed by atoms with Gasteiger partial charge in [-0.15, -0.1) is 0 Å². The molecule has 0 saturated heterocycles. The largest absolute Gasteiger partial charge is 1.00 e. The van der Waals surface area contributed by atoms with Crippen LogP contribution in [0, 0.1) is 13.8 Å². The van der Waals surface area contributed by atoms with Crippen molar-refractivity contribution in [1.29, 1.82) is 0 Å². The molecule has 10 heteroatoms. The standard InChI is InChI=1S/C18H22N2O2.C17H20N2O2.Na.H2O/c1-4-13-10-19-17(20-13)16-9-14(18(21)22-3)11(2)8-15(16)12-6-5-7-12;1-3-12-9-18-16(19-12)15-8-13(17(20)21)10(2)7-14(15)11-5-4-6-11;;/h8-10,12H,4-7H2,1-3H3,(H,19,20);7-9,11H,3-6H2,1-2H3,(H,18,19)(H,20,21);;1H2/q;;+1;/p-1. The number of carbonyl (C=O) groups excluding carboxylic acids is 1. The minimum atomic E-state index is -0.879. The maximum atomic E-state index is 12.0. The molecule has 2 aromatic heterocycles. The van der Waals surface area contributed by atoms with Gasteiger partial charge in [-0.1, -0.05) is 38.8 Å². The fourth-order valence-electron chi connectivity index (χ4n) is 5.90. The quantitative estimate of drug-likeness (QED) is 0.190. The van der Waals surface area contributed by atoms with Gasteiger partial charge in [0.2, 0.25) is 0 Å². The minimum absolute atomic E-state index is 0. The number of nitrogens with zero attached hydrogens (tertiary/aromatic N) is 2. The Morgan fingerprint density at radius 3 is 1.56 bits per heavy atom. The second-order valence-electron chi connectivity index (χ2n) is 11.8. The van der Waals surface area contributed by atoms with Crippen LogP contribution >= 0.6 is 0 Å². The monoisotopic (exact) mass is 622 g/mol. The third-order valence-electron chi connectivity index (χ3n) is 9.05. The Hall–Kier alpha value is -3.24. The molecule has 234 valence electrons. The first-order valence-corrected chi connectivity index (χ1v) is 15.4. The topological polar surface area (TPSA) is 151 Å². The van der Waals surface area contributed by atoms with Gasteiger partial charge in [-0.25, -0.2) is 19.6 Å². The Balaban J connectivity index is 0.000000235. The van der Waals surface area contributed by atoms with Crippen LogP contribution in [0.2, 0.25) is 0 Å². The first-order chi connectivity index (χ1) is 20.7. The molecule has 2 heterocycles. The van der Waals surface area contributed by atoms with Crippen molar-refractivity contribution in [3.05, 3.63) is 81.4 Å². The summed E-state index contributed by atoms with van der Waals surface area (Å²) in [5.74, 6) is 1.59. The number of nitrogens with one attached hydrogen (secondary N) is 2. The summed E-state index contributed by atoms with van der Waals surface area (Å²) in [6, 6.07) is 7.90. The van der Waals surface area contributed by atoms with E-state index in [1.807, 2.05) is 38.4 Å². The molecule has 0 radical (unpaired) electrons. The molecule has 2 aliphatic carbocycles. The smallest absolute Gasteiger partial charge is 0.870 e. The van der Waals surface area contributed by atoms with Crippen molar-refractivity contribution in [3.8, 4) is 22.8 Å². The molecule has 0 unspecified atom stereocenters. The van der Waals surface area contributed by atoms with Gasteiger partial charge >= 0.3 is 41.5 Å². The van der Waals surface area contributed by atoms with E-state index in [-0.39, 0.29) is 41.0 Å². The Labute approximate surface area is 287 Å². The van der Waals surface area contributed by atoms with Gasteiger partial charge < -0.3 is 25.3 Å². The maximum Gasteiger partial charge on any atom is 1.00 e. The van der Waals surface area contributed by atoms with Crippen LogP contribution in [0.3, 0.4) is 0 Å². The van der Waals surface area contributed by atoms with Gasteiger partial charge in [0.05, 0.1) is 18.2 Å². The summed E-state index contributed by atoms with van der Waals surface area (Å²) in [4.78, 5) is 39.0. The van der Waals surface area contributed by atoms with E-state index in [1.165, 1.54) is 56.8 Å². The van der Waals surface area contributed by atoms with Crippen LogP contribution in [0.4, 0.5) is 0 Å². The van der Waals surface area contributed by atoms with Gasteiger partial charge in [-0.2, -0.15) is 0 Å². The van der Waals surface area contributed by atoms with E-state index in [2.05, 4.69) is 39.8 Å². The number of methoxy groups -OCH3 is 1. The normalized spacial score (nSPS) is 14.2. The van der Waals surface area contributed by atoms with E-state index in [0.717, 1.165) is 58.1 Å². The molecule has 0 amide bonds. The number of carboxylic acid groups (broad SMARTS) is 1. The molecule has 6 rings (SSSR count). The van der Waals surface area contributed by atoms with E-state index in [0.29, 0.717) is 23.0 Å². The van der Waals surface area contributed by atoms with Crippen LogP contribution in [0.5, 0.6) is 0 Å². The Morgan fingerprint density at radius 2 is 1.22 bits per heavy atom. The van der Waals surface area contributed by atoms with Crippen molar-refractivity contribution in [3.63, 3.8) is 0 Å².